The predicted molar refractivity (Wildman–Crippen MR) is 97.4 cm³/mol. The van der Waals surface area contributed by atoms with Crippen LogP contribution in [0.4, 0.5) is 0 Å². The zero-order chi connectivity index (χ0) is 19.4. The van der Waals surface area contributed by atoms with E-state index in [1.807, 2.05) is 0 Å². The van der Waals surface area contributed by atoms with Crippen LogP contribution in [0.2, 0.25) is 0 Å². The van der Waals surface area contributed by atoms with E-state index < -0.39 is 17.9 Å². The molecule has 1 aliphatic rings. The first kappa shape index (κ1) is 18.6. The van der Waals surface area contributed by atoms with Gasteiger partial charge in [0.1, 0.15) is 17.2 Å². The molecule has 3 rings (SSSR count). The number of ether oxygens (including phenoxy) is 3. The topological polar surface area (TPSA) is 94.1 Å². The van der Waals surface area contributed by atoms with Crippen LogP contribution in [0.1, 0.15) is 22.7 Å². The van der Waals surface area contributed by atoms with Crippen LogP contribution in [0.3, 0.4) is 0 Å². The van der Waals surface area contributed by atoms with Gasteiger partial charge in [-0.25, -0.2) is 4.79 Å². The lowest BCUT2D eigenvalue weighted by atomic mass is 10.0. The van der Waals surface area contributed by atoms with Gasteiger partial charge in [0.25, 0.3) is 0 Å². The molecule has 1 unspecified atom stereocenters. The Kier molecular flexibility index (Phi) is 5.49. The third-order valence-corrected chi connectivity index (χ3v) is 4.44. The molecule has 142 valence electrons. The number of hydrogen-bond acceptors (Lipinski definition) is 5. The maximum absolute atomic E-state index is 12.5. The Balaban J connectivity index is 1.77. The van der Waals surface area contributed by atoms with Gasteiger partial charge in [0.2, 0.25) is 5.91 Å². The van der Waals surface area contributed by atoms with Crippen molar-refractivity contribution in [3.05, 3.63) is 53.1 Å². The van der Waals surface area contributed by atoms with E-state index in [-0.39, 0.29) is 6.42 Å². The van der Waals surface area contributed by atoms with Gasteiger partial charge in [-0.2, -0.15) is 0 Å². The van der Waals surface area contributed by atoms with Crippen molar-refractivity contribution in [2.45, 2.75) is 18.9 Å². The van der Waals surface area contributed by atoms with Crippen molar-refractivity contribution in [2.24, 2.45) is 0 Å². The number of hydrogen-bond donors (Lipinski definition) is 2. The van der Waals surface area contributed by atoms with Crippen LogP contribution in [-0.4, -0.2) is 37.8 Å². The molecule has 1 atom stereocenters. The molecule has 0 aromatic heterocycles. The quantitative estimate of drug-likeness (QED) is 0.774. The SMILES string of the molecule is COc1ccc(OC)c(CC(=O)NC(C(=O)O)c2ccc3c(c2)CCO3)c1. The van der Waals surface area contributed by atoms with Crippen LogP contribution in [0.15, 0.2) is 36.4 Å². The van der Waals surface area contributed by atoms with Crippen molar-refractivity contribution < 1.29 is 28.9 Å². The average Bonchev–Trinajstić information content (AvgIpc) is 3.13. The highest BCUT2D eigenvalue weighted by Crippen LogP contribution is 2.29. The number of carbonyl (C=O) groups is 2. The molecule has 1 aliphatic heterocycles. The molecule has 0 spiro atoms. The molecule has 27 heavy (non-hydrogen) atoms. The van der Waals surface area contributed by atoms with Crippen molar-refractivity contribution in [2.75, 3.05) is 20.8 Å². The minimum absolute atomic E-state index is 0.0296. The van der Waals surface area contributed by atoms with Crippen LogP contribution in [0.5, 0.6) is 17.2 Å². The zero-order valence-corrected chi connectivity index (χ0v) is 15.2. The van der Waals surface area contributed by atoms with Crippen LogP contribution in [-0.2, 0) is 22.4 Å². The Morgan fingerprint density at radius 3 is 2.70 bits per heavy atom. The summed E-state index contributed by atoms with van der Waals surface area (Å²) in [5.41, 5.74) is 2.07. The highest BCUT2D eigenvalue weighted by Gasteiger charge is 2.25. The van der Waals surface area contributed by atoms with E-state index in [1.54, 1.807) is 36.4 Å². The number of carbonyl (C=O) groups excluding carboxylic acids is 1. The van der Waals surface area contributed by atoms with Crippen molar-refractivity contribution in [3.63, 3.8) is 0 Å². The number of methoxy groups -OCH3 is 2. The molecule has 1 heterocycles. The van der Waals surface area contributed by atoms with E-state index >= 15 is 0 Å². The monoisotopic (exact) mass is 371 g/mol. The molecule has 0 saturated carbocycles. The number of benzene rings is 2. The van der Waals surface area contributed by atoms with Gasteiger partial charge in [0, 0.05) is 12.0 Å². The summed E-state index contributed by atoms with van der Waals surface area (Å²) in [5, 5.41) is 12.2. The van der Waals surface area contributed by atoms with Crippen molar-refractivity contribution in [1.29, 1.82) is 0 Å². The van der Waals surface area contributed by atoms with Crippen molar-refractivity contribution >= 4 is 11.9 Å². The van der Waals surface area contributed by atoms with Crippen LogP contribution in [0.25, 0.3) is 0 Å². The predicted octanol–water partition coefficient (Wildman–Crippen LogP) is 2.12. The minimum Gasteiger partial charge on any atom is -0.497 e. The summed E-state index contributed by atoms with van der Waals surface area (Å²) in [6, 6.07) is 9.16. The lowest BCUT2D eigenvalue weighted by Gasteiger charge is -2.17. The van der Waals surface area contributed by atoms with E-state index in [0.717, 1.165) is 17.7 Å². The van der Waals surface area contributed by atoms with Gasteiger partial charge in [-0.05, 0) is 41.5 Å². The Bertz CT molecular complexity index is 864. The van der Waals surface area contributed by atoms with Gasteiger partial charge in [0.15, 0.2) is 6.04 Å². The third-order valence-electron chi connectivity index (χ3n) is 4.44. The number of rotatable bonds is 7. The summed E-state index contributed by atoms with van der Waals surface area (Å²) in [4.78, 5) is 24.2. The lowest BCUT2D eigenvalue weighted by molar-refractivity contribution is -0.142. The number of nitrogens with one attached hydrogen (secondary N) is 1. The maximum Gasteiger partial charge on any atom is 0.330 e. The number of fused-ring (bicyclic) bond motifs is 1. The molecular weight excluding hydrogens is 350 g/mol. The second-order valence-electron chi connectivity index (χ2n) is 6.16. The molecule has 0 fully saturated rings. The highest BCUT2D eigenvalue weighted by atomic mass is 16.5. The van der Waals surface area contributed by atoms with Gasteiger partial charge in [-0.3, -0.25) is 4.79 Å². The lowest BCUT2D eigenvalue weighted by Crippen LogP contribution is -2.34. The van der Waals surface area contributed by atoms with E-state index in [0.29, 0.717) is 29.2 Å². The summed E-state index contributed by atoms with van der Waals surface area (Å²) >= 11 is 0. The zero-order valence-electron chi connectivity index (χ0n) is 15.2. The molecular formula is C20H21NO6. The fraction of sp³-hybridized carbons (Fsp3) is 0.300. The van der Waals surface area contributed by atoms with Gasteiger partial charge >= 0.3 is 5.97 Å². The largest absolute Gasteiger partial charge is 0.497 e. The summed E-state index contributed by atoms with van der Waals surface area (Å²) in [6.45, 7) is 0.582. The number of amides is 1. The molecule has 2 aromatic carbocycles. The summed E-state index contributed by atoms with van der Waals surface area (Å²) in [7, 11) is 3.04. The molecule has 7 heteroatoms. The first-order chi connectivity index (χ1) is 13.0. The first-order valence-electron chi connectivity index (χ1n) is 8.50. The normalized spacial score (nSPS) is 13.3. The molecule has 0 radical (unpaired) electrons. The molecule has 0 aliphatic carbocycles. The Labute approximate surface area is 156 Å². The summed E-state index contributed by atoms with van der Waals surface area (Å²) < 4.78 is 15.9. The third kappa shape index (κ3) is 4.13. The molecule has 0 bridgehead atoms. The molecule has 2 aromatic rings. The Hall–Kier alpha value is -3.22. The van der Waals surface area contributed by atoms with E-state index in [9.17, 15) is 14.7 Å². The highest BCUT2D eigenvalue weighted by molar-refractivity contribution is 5.86. The van der Waals surface area contributed by atoms with E-state index in [4.69, 9.17) is 14.2 Å². The second-order valence-corrected chi connectivity index (χ2v) is 6.16. The Morgan fingerprint density at radius 1 is 1.19 bits per heavy atom. The summed E-state index contributed by atoms with van der Waals surface area (Å²) in [5.74, 6) is 0.334. The molecule has 0 saturated heterocycles. The fourth-order valence-electron chi connectivity index (χ4n) is 3.08. The van der Waals surface area contributed by atoms with Crippen LogP contribution in [0, 0.1) is 0 Å². The van der Waals surface area contributed by atoms with Crippen LogP contribution >= 0.6 is 0 Å². The van der Waals surface area contributed by atoms with Gasteiger partial charge in [-0.15, -0.1) is 0 Å². The summed E-state index contributed by atoms with van der Waals surface area (Å²) in [6.07, 6.45) is 0.697. The van der Waals surface area contributed by atoms with E-state index in [1.165, 1.54) is 14.2 Å². The number of carboxylic acid groups (broad SMARTS) is 1. The minimum atomic E-state index is -1.14. The van der Waals surface area contributed by atoms with Gasteiger partial charge in [-0.1, -0.05) is 6.07 Å². The van der Waals surface area contributed by atoms with Gasteiger partial charge in [0.05, 0.1) is 27.2 Å². The van der Waals surface area contributed by atoms with Gasteiger partial charge < -0.3 is 24.6 Å². The molecule has 1 amide bonds. The van der Waals surface area contributed by atoms with Crippen LogP contribution < -0.4 is 19.5 Å². The maximum atomic E-state index is 12.5. The average molecular weight is 371 g/mol. The van der Waals surface area contributed by atoms with E-state index in [2.05, 4.69) is 5.32 Å². The molecule has 7 nitrogen and oxygen atoms in total. The van der Waals surface area contributed by atoms with Crippen molar-refractivity contribution in [3.8, 4) is 17.2 Å². The Morgan fingerprint density at radius 2 is 2.00 bits per heavy atom. The fourth-order valence-corrected chi connectivity index (χ4v) is 3.08. The first-order valence-corrected chi connectivity index (χ1v) is 8.50. The number of carboxylic acids is 1. The number of aliphatic carboxylic acids is 1. The smallest absolute Gasteiger partial charge is 0.330 e. The standard InChI is InChI=1S/C20H21NO6/c1-25-15-4-6-16(26-2)14(10-15)11-18(22)21-19(20(23)24)13-3-5-17-12(9-13)7-8-27-17/h3-6,9-10,19H,7-8,11H2,1-2H3,(H,21,22)(H,23,24). The second kappa shape index (κ2) is 7.99. The van der Waals surface area contributed by atoms with Crippen molar-refractivity contribution in [1.82, 2.24) is 5.32 Å². The molecule has 2 N–H and O–H groups in total.